The Balaban J connectivity index is 3.02. The maximum absolute atomic E-state index is 13.5. The molecule has 0 spiro atoms. The van der Waals surface area contributed by atoms with E-state index in [9.17, 15) is 36.0 Å². The normalized spacial score (nSPS) is 13.5. The van der Waals surface area contributed by atoms with E-state index in [1.807, 2.05) is 4.98 Å². The van der Waals surface area contributed by atoms with Gasteiger partial charge in [0, 0.05) is 14.0 Å². The molecule has 1 aromatic heterocycles. The average molecular weight is 437 g/mol. The molecule has 0 radical (unpaired) electrons. The number of nitrogens with zero attached hydrogens (tertiary/aromatic N) is 2. The van der Waals surface area contributed by atoms with Crippen molar-refractivity contribution in [3.05, 3.63) is 44.1 Å². The summed E-state index contributed by atoms with van der Waals surface area (Å²) in [6, 6.07) is 1.46. The molecule has 9 nitrogen and oxygen atoms in total. The van der Waals surface area contributed by atoms with E-state index in [1.165, 1.54) is 7.11 Å². The molecule has 0 saturated heterocycles. The zero-order valence-electron chi connectivity index (χ0n) is 15.8. The van der Waals surface area contributed by atoms with Gasteiger partial charge < -0.3 is 9.72 Å². The number of ether oxygens (including phenoxy) is 1. The molecular weight excluding hydrogens is 419 g/mol. The number of benzene rings is 1. The van der Waals surface area contributed by atoms with Gasteiger partial charge in [-0.05, 0) is 24.1 Å². The third kappa shape index (κ3) is 4.19. The minimum atomic E-state index is -4.81. The number of carbonyl (C=O) groups is 1. The fourth-order valence-electron chi connectivity index (χ4n) is 2.98. The van der Waals surface area contributed by atoms with Crippen LogP contribution in [0.25, 0.3) is 10.9 Å². The van der Waals surface area contributed by atoms with Gasteiger partial charge in [-0.2, -0.15) is 13.2 Å². The van der Waals surface area contributed by atoms with Gasteiger partial charge >= 0.3 is 11.9 Å². The number of carbonyl (C=O) groups excluding carboxylic acids is 1. The van der Waals surface area contributed by atoms with Crippen LogP contribution in [0.15, 0.2) is 21.7 Å². The summed E-state index contributed by atoms with van der Waals surface area (Å²) in [6.45, 7) is 2.39. The lowest BCUT2D eigenvalue weighted by molar-refractivity contribution is -0.139. The molecular formula is C16H18F3N3O6S. The van der Waals surface area contributed by atoms with E-state index >= 15 is 0 Å². The van der Waals surface area contributed by atoms with E-state index in [1.54, 1.807) is 6.92 Å². The third-order valence-electron chi connectivity index (χ3n) is 4.12. The highest BCUT2D eigenvalue weighted by atomic mass is 32.2. The fourth-order valence-corrected chi connectivity index (χ4v) is 3.90. The number of methoxy groups -OCH3 is 1. The van der Waals surface area contributed by atoms with Crippen molar-refractivity contribution < 1.29 is 31.1 Å². The minimum absolute atomic E-state index is 0.0325. The number of aromatic nitrogens is 2. The number of fused-ring (bicyclic) bond motifs is 1. The van der Waals surface area contributed by atoms with Crippen LogP contribution in [0.2, 0.25) is 0 Å². The Morgan fingerprint density at radius 3 is 2.31 bits per heavy atom. The van der Waals surface area contributed by atoms with Gasteiger partial charge in [0.1, 0.15) is 0 Å². The molecule has 1 amide bonds. The Bertz CT molecular complexity index is 1180. The number of nitrogens with one attached hydrogen (secondary N) is 1. The monoisotopic (exact) mass is 437 g/mol. The summed E-state index contributed by atoms with van der Waals surface area (Å²) in [5.74, 6) is -1.16. The highest BCUT2D eigenvalue weighted by Crippen LogP contribution is 2.38. The SMILES string of the molecule is CCC(OC)c1cc2c(=O)n(N(C(C)=O)S(C)(=O)=O)c(=O)[nH]c2cc1C(F)(F)F. The molecule has 160 valence electrons. The Morgan fingerprint density at radius 2 is 1.90 bits per heavy atom. The van der Waals surface area contributed by atoms with Crippen LogP contribution < -0.4 is 15.7 Å². The summed E-state index contributed by atoms with van der Waals surface area (Å²) in [4.78, 5) is 38.9. The standard InChI is InChI=1S/C16H18F3N3O6S/c1-5-13(28-3)9-6-10-12(7-11(9)16(17,18)19)20-15(25)21(14(10)24)22(8(2)23)29(4,26)27/h6-7,13H,5H2,1-4H3,(H,20,25). The molecule has 2 rings (SSSR count). The molecule has 0 aliphatic heterocycles. The number of rotatable bonds is 5. The van der Waals surface area contributed by atoms with Crippen LogP contribution in [0, 0.1) is 0 Å². The first-order valence-corrected chi connectivity index (χ1v) is 10.0. The number of H-pyrrole nitrogens is 1. The average Bonchev–Trinajstić information content (AvgIpc) is 2.57. The van der Waals surface area contributed by atoms with Crippen LogP contribution in [-0.4, -0.2) is 37.4 Å². The summed E-state index contributed by atoms with van der Waals surface area (Å²) >= 11 is 0. The molecule has 0 fully saturated rings. The highest BCUT2D eigenvalue weighted by Gasteiger charge is 2.36. The maximum Gasteiger partial charge on any atom is 0.416 e. The predicted molar refractivity (Wildman–Crippen MR) is 97.6 cm³/mol. The van der Waals surface area contributed by atoms with Crippen molar-refractivity contribution in [2.45, 2.75) is 32.5 Å². The molecule has 1 aromatic carbocycles. The van der Waals surface area contributed by atoms with Crippen molar-refractivity contribution in [2.24, 2.45) is 0 Å². The van der Waals surface area contributed by atoms with E-state index in [4.69, 9.17) is 4.74 Å². The Morgan fingerprint density at radius 1 is 1.31 bits per heavy atom. The molecule has 2 aromatic rings. The Kier molecular flexibility index (Phi) is 5.95. The van der Waals surface area contributed by atoms with Gasteiger partial charge in [0.15, 0.2) is 0 Å². The summed E-state index contributed by atoms with van der Waals surface area (Å²) in [7, 11) is -3.18. The van der Waals surface area contributed by atoms with Crippen LogP contribution >= 0.6 is 0 Å². The molecule has 0 saturated carbocycles. The van der Waals surface area contributed by atoms with Crippen LogP contribution in [0.5, 0.6) is 0 Å². The number of sulfonamides is 1. The summed E-state index contributed by atoms with van der Waals surface area (Å²) in [5.41, 5.74) is -4.60. The first kappa shape index (κ1) is 22.6. The van der Waals surface area contributed by atoms with Gasteiger partial charge in [-0.25, -0.2) is 13.2 Å². The maximum atomic E-state index is 13.5. The zero-order chi connectivity index (χ0) is 22.3. The Labute approximate surface area is 162 Å². The molecule has 0 aliphatic rings. The van der Waals surface area contributed by atoms with E-state index in [0.29, 0.717) is 12.3 Å². The quantitative estimate of drug-likeness (QED) is 0.752. The van der Waals surface area contributed by atoms with Crippen molar-refractivity contribution in [3.63, 3.8) is 0 Å². The lowest BCUT2D eigenvalue weighted by atomic mass is 9.97. The minimum Gasteiger partial charge on any atom is -0.377 e. The lowest BCUT2D eigenvalue weighted by Gasteiger charge is -2.22. The van der Waals surface area contributed by atoms with Gasteiger partial charge in [0.2, 0.25) is 0 Å². The molecule has 0 bridgehead atoms. The van der Waals surface area contributed by atoms with E-state index in [2.05, 4.69) is 0 Å². The molecule has 1 unspecified atom stereocenters. The van der Waals surface area contributed by atoms with Crippen molar-refractivity contribution in [1.29, 1.82) is 0 Å². The van der Waals surface area contributed by atoms with Gasteiger partial charge in [0.25, 0.3) is 21.5 Å². The highest BCUT2D eigenvalue weighted by molar-refractivity contribution is 7.92. The number of hydrogen-bond donors (Lipinski definition) is 1. The van der Waals surface area contributed by atoms with Crippen LogP contribution in [0.1, 0.15) is 37.5 Å². The van der Waals surface area contributed by atoms with E-state index in [-0.39, 0.29) is 21.1 Å². The Hall–Kier alpha value is -2.67. The first-order chi connectivity index (χ1) is 13.2. The molecule has 29 heavy (non-hydrogen) atoms. The van der Waals surface area contributed by atoms with Gasteiger partial charge in [0.05, 0.1) is 28.8 Å². The van der Waals surface area contributed by atoms with Gasteiger partial charge in [-0.1, -0.05) is 6.92 Å². The second kappa shape index (κ2) is 7.63. The fraction of sp³-hybridized carbons (Fsp3) is 0.438. The largest absolute Gasteiger partial charge is 0.416 e. The van der Waals surface area contributed by atoms with Gasteiger partial charge in [-0.3, -0.25) is 9.59 Å². The van der Waals surface area contributed by atoms with Gasteiger partial charge in [-0.15, -0.1) is 9.09 Å². The molecule has 0 aliphatic carbocycles. The van der Waals surface area contributed by atoms with Crippen molar-refractivity contribution in [2.75, 3.05) is 17.8 Å². The van der Waals surface area contributed by atoms with Crippen LogP contribution in [0.3, 0.4) is 0 Å². The van der Waals surface area contributed by atoms with Crippen LogP contribution in [0.4, 0.5) is 13.2 Å². The zero-order valence-corrected chi connectivity index (χ0v) is 16.6. The second-order valence-corrected chi connectivity index (χ2v) is 8.00. The summed E-state index contributed by atoms with van der Waals surface area (Å²) in [6.07, 6.45) is -5.08. The second-order valence-electron chi connectivity index (χ2n) is 6.19. The van der Waals surface area contributed by atoms with Crippen molar-refractivity contribution in [3.8, 4) is 0 Å². The molecule has 13 heteroatoms. The van der Waals surface area contributed by atoms with E-state index < -0.39 is 55.9 Å². The summed E-state index contributed by atoms with van der Waals surface area (Å²) < 4.78 is 69.4. The third-order valence-corrected chi connectivity index (χ3v) is 5.17. The summed E-state index contributed by atoms with van der Waals surface area (Å²) in [5, 5.41) is -0.419. The number of halogens is 3. The van der Waals surface area contributed by atoms with Crippen molar-refractivity contribution in [1.82, 2.24) is 9.66 Å². The lowest BCUT2D eigenvalue weighted by Crippen LogP contribution is -2.55. The number of aromatic amines is 1. The topological polar surface area (TPSA) is 119 Å². The van der Waals surface area contributed by atoms with Crippen molar-refractivity contribution >= 4 is 26.8 Å². The van der Waals surface area contributed by atoms with E-state index in [0.717, 1.165) is 13.0 Å². The number of alkyl halides is 3. The molecule has 1 heterocycles. The molecule has 1 atom stereocenters. The van der Waals surface area contributed by atoms with Crippen LogP contribution in [-0.2, 0) is 25.7 Å². The number of hydrogen-bond acceptors (Lipinski definition) is 6. The first-order valence-electron chi connectivity index (χ1n) is 8.18. The number of amides is 1. The molecule has 1 N–H and O–H groups in total. The predicted octanol–water partition coefficient (Wildman–Crippen LogP) is 1.25. The smallest absolute Gasteiger partial charge is 0.377 e.